The van der Waals surface area contributed by atoms with Gasteiger partial charge in [0.05, 0.1) is 17.8 Å². The van der Waals surface area contributed by atoms with E-state index in [-0.39, 0.29) is 11.6 Å². The van der Waals surface area contributed by atoms with Gasteiger partial charge in [-0.25, -0.2) is 4.39 Å². The number of carbonyl (C=O) groups is 1. The second kappa shape index (κ2) is 6.33. The van der Waals surface area contributed by atoms with Crippen LogP contribution in [0.3, 0.4) is 0 Å². The van der Waals surface area contributed by atoms with Crippen molar-refractivity contribution in [2.24, 2.45) is 0 Å². The van der Waals surface area contributed by atoms with Gasteiger partial charge in [0.2, 0.25) is 0 Å². The molecule has 2 N–H and O–H groups in total. The Hall–Kier alpha value is -1.88. The van der Waals surface area contributed by atoms with Crippen LogP contribution in [0.15, 0.2) is 35.7 Å². The fourth-order valence-corrected chi connectivity index (χ4v) is 2.39. The van der Waals surface area contributed by atoms with Crippen molar-refractivity contribution < 1.29 is 9.18 Å². The van der Waals surface area contributed by atoms with Crippen molar-refractivity contribution in [3.8, 4) is 0 Å². The molecule has 0 aliphatic carbocycles. The summed E-state index contributed by atoms with van der Waals surface area (Å²) in [5, 5.41) is 7.63. The first-order valence-corrected chi connectivity index (χ1v) is 6.93. The van der Waals surface area contributed by atoms with Gasteiger partial charge in [-0.1, -0.05) is 12.1 Å². The van der Waals surface area contributed by atoms with Crippen molar-refractivity contribution in [2.75, 3.05) is 11.9 Å². The summed E-state index contributed by atoms with van der Waals surface area (Å²) in [6, 6.07) is 8.37. The zero-order valence-electron chi connectivity index (χ0n) is 10.6. The minimum absolute atomic E-state index is 0.258. The lowest BCUT2D eigenvalue weighted by atomic mass is 10.1. The second-order valence-corrected chi connectivity index (χ2v) is 4.99. The molecule has 3 nitrogen and oxygen atoms in total. The molecule has 0 spiro atoms. The van der Waals surface area contributed by atoms with Crippen LogP contribution in [0.5, 0.6) is 0 Å². The lowest BCUT2D eigenvalue weighted by molar-refractivity contribution is 0.0951. The zero-order valence-corrected chi connectivity index (χ0v) is 11.4. The van der Waals surface area contributed by atoms with E-state index in [2.05, 4.69) is 10.6 Å². The number of hydrogen-bond acceptors (Lipinski definition) is 3. The molecule has 0 saturated heterocycles. The summed E-state index contributed by atoms with van der Waals surface area (Å²) in [7, 11) is 0. The van der Waals surface area contributed by atoms with Gasteiger partial charge in [0, 0.05) is 11.4 Å². The standard InChI is InChI=1S/C14H15FN2OS/c1-2-16-13-11(6-3-7-12(13)15)14(18)17-9-10-5-4-8-19-10/h3-8,16H,2,9H2,1H3,(H,17,18). The number of anilines is 1. The Balaban J connectivity index is 2.12. The second-order valence-electron chi connectivity index (χ2n) is 3.95. The highest BCUT2D eigenvalue weighted by Crippen LogP contribution is 2.20. The van der Waals surface area contributed by atoms with E-state index in [0.717, 1.165) is 4.88 Å². The van der Waals surface area contributed by atoms with Gasteiger partial charge in [0.15, 0.2) is 0 Å². The number of amides is 1. The molecular formula is C14H15FN2OS. The smallest absolute Gasteiger partial charge is 0.253 e. The Morgan fingerprint density at radius 3 is 2.84 bits per heavy atom. The number of hydrogen-bond donors (Lipinski definition) is 2. The highest BCUT2D eigenvalue weighted by Gasteiger charge is 2.14. The SMILES string of the molecule is CCNc1c(F)cccc1C(=O)NCc1cccs1. The van der Waals surface area contributed by atoms with E-state index in [9.17, 15) is 9.18 Å². The summed E-state index contributed by atoms with van der Waals surface area (Å²) in [6.07, 6.45) is 0. The first kappa shape index (κ1) is 13.5. The van der Waals surface area contributed by atoms with Crippen LogP contribution in [0, 0.1) is 5.82 Å². The maximum absolute atomic E-state index is 13.7. The van der Waals surface area contributed by atoms with Crippen LogP contribution in [-0.4, -0.2) is 12.5 Å². The van der Waals surface area contributed by atoms with E-state index in [1.165, 1.54) is 12.1 Å². The fourth-order valence-electron chi connectivity index (χ4n) is 1.75. The summed E-state index contributed by atoms with van der Waals surface area (Å²) in [6.45, 7) is 2.88. The molecule has 1 heterocycles. The van der Waals surface area contributed by atoms with Gasteiger partial charge in [0.25, 0.3) is 5.91 Å². The number of para-hydroxylation sites is 1. The van der Waals surface area contributed by atoms with Crippen molar-refractivity contribution in [3.05, 3.63) is 52.0 Å². The first-order valence-electron chi connectivity index (χ1n) is 6.05. The summed E-state index contributed by atoms with van der Waals surface area (Å²) in [5.41, 5.74) is 0.590. The molecule has 100 valence electrons. The maximum atomic E-state index is 13.7. The minimum atomic E-state index is -0.411. The third-order valence-corrected chi connectivity index (χ3v) is 3.49. The van der Waals surface area contributed by atoms with Gasteiger partial charge in [-0.3, -0.25) is 4.79 Å². The van der Waals surface area contributed by atoms with Gasteiger partial charge < -0.3 is 10.6 Å². The Morgan fingerprint density at radius 2 is 2.16 bits per heavy atom. The maximum Gasteiger partial charge on any atom is 0.253 e. The highest BCUT2D eigenvalue weighted by molar-refractivity contribution is 7.09. The number of nitrogens with one attached hydrogen (secondary N) is 2. The van der Waals surface area contributed by atoms with E-state index >= 15 is 0 Å². The number of rotatable bonds is 5. The number of thiophene rings is 1. The third-order valence-electron chi connectivity index (χ3n) is 2.62. The van der Waals surface area contributed by atoms with Crippen LogP contribution < -0.4 is 10.6 Å². The molecule has 2 aromatic rings. The van der Waals surface area contributed by atoms with E-state index in [1.54, 1.807) is 17.4 Å². The third kappa shape index (κ3) is 3.32. The summed E-state index contributed by atoms with van der Waals surface area (Å²) >= 11 is 1.57. The quantitative estimate of drug-likeness (QED) is 0.881. The normalized spacial score (nSPS) is 10.2. The molecule has 0 bridgehead atoms. The molecule has 1 amide bonds. The molecule has 0 atom stereocenters. The molecule has 1 aromatic carbocycles. The van der Waals surface area contributed by atoms with Crippen LogP contribution in [0.1, 0.15) is 22.2 Å². The summed E-state index contributed by atoms with van der Waals surface area (Å²) < 4.78 is 13.7. The van der Waals surface area contributed by atoms with E-state index in [1.807, 2.05) is 24.4 Å². The van der Waals surface area contributed by atoms with Gasteiger partial charge in [0.1, 0.15) is 5.82 Å². The monoisotopic (exact) mass is 278 g/mol. The number of benzene rings is 1. The average molecular weight is 278 g/mol. The van der Waals surface area contributed by atoms with Crippen molar-refractivity contribution in [2.45, 2.75) is 13.5 Å². The Labute approximate surface area is 115 Å². The van der Waals surface area contributed by atoms with E-state index < -0.39 is 5.82 Å². The van der Waals surface area contributed by atoms with Gasteiger partial charge in [-0.15, -0.1) is 11.3 Å². The van der Waals surface area contributed by atoms with Crippen molar-refractivity contribution in [3.63, 3.8) is 0 Å². The van der Waals surface area contributed by atoms with E-state index in [4.69, 9.17) is 0 Å². The summed E-state index contributed by atoms with van der Waals surface area (Å²) in [4.78, 5) is 13.1. The average Bonchev–Trinajstić information content (AvgIpc) is 2.92. The molecule has 0 unspecified atom stereocenters. The van der Waals surface area contributed by atoms with Crippen molar-refractivity contribution in [1.82, 2.24) is 5.32 Å². The van der Waals surface area contributed by atoms with Crippen molar-refractivity contribution in [1.29, 1.82) is 0 Å². The van der Waals surface area contributed by atoms with Gasteiger partial charge >= 0.3 is 0 Å². The first-order chi connectivity index (χ1) is 9.22. The van der Waals surface area contributed by atoms with E-state index in [0.29, 0.717) is 18.7 Å². The van der Waals surface area contributed by atoms with Gasteiger partial charge in [-0.05, 0) is 30.5 Å². The molecule has 0 radical (unpaired) electrons. The van der Waals surface area contributed by atoms with Gasteiger partial charge in [-0.2, -0.15) is 0 Å². The molecule has 0 aliphatic rings. The molecule has 0 aliphatic heterocycles. The van der Waals surface area contributed by atoms with Crippen LogP contribution in [0.2, 0.25) is 0 Å². The minimum Gasteiger partial charge on any atom is -0.382 e. The molecule has 0 fully saturated rings. The lowest BCUT2D eigenvalue weighted by Crippen LogP contribution is -2.24. The molecule has 2 rings (SSSR count). The Bertz CT molecular complexity index is 555. The number of halogens is 1. The topological polar surface area (TPSA) is 41.1 Å². The molecule has 19 heavy (non-hydrogen) atoms. The predicted molar refractivity (Wildman–Crippen MR) is 76.1 cm³/mol. The molecule has 0 saturated carbocycles. The zero-order chi connectivity index (χ0) is 13.7. The largest absolute Gasteiger partial charge is 0.382 e. The van der Waals surface area contributed by atoms with Crippen LogP contribution >= 0.6 is 11.3 Å². The fraction of sp³-hybridized carbons (Fsp3) is 0.214. The predicted octanol–water partition coefficient (Wildman–Crippen LogP) is 3.25. The van der Waals surface area contributed by atoms with Crippen molar-refractivity contribution >= 4 is 22.9 Å². The Morgan fingerprint density at radius 1 is 1.32 bits per heavy atom. The van der Waals surface area contributed by atoms with Crippen LogP contribution in [0.4, 0.5) is 10.1 Å². The Kier molecular flexibility index (Phi) is 4.52. The molecule has 5 heteroatoms. The highest BCUT2D eigenvalue weighted by atomic mass is 32.1. The lowest BCUT2D eigenvalue weighted by Gasteiger charge is -2.11. The molecular weight excluding hydrogens is 263 g/mol. The van der Waals surface area contributed by atoms with Crippen LogP contribution in [-0.2, 0) is 6.54 Å². The molecule has 1 aromatic heterocycles. The number of carbonyl (C=O) groups excluding carboxylic acids is 1. The summed E-state index contributed by atoms with van der Waals surface area (Å²) in [5.74, 6) is -0.686. The van der Waals surface area contributed by atoms with Crippen LogP contribution in [0.25, 0.3) is 0 Å².